The van der Waals surface area contributed by atoms with Crippen LogP contribution in [0, 0.1) is 0 Å². The average molecular weight is 272 g/mol. The quantitative estimate of drug-likeness (QED) is 0.900. The summed E-state index contributed by atoms with van der Waals surface area (Å²) in [5, 5.41) is 9.29. The summed E-state index contributed by atoms with van der Waals surface area (Å²) < 4.78 is 5.33. The zero-order valence-corrected chi connectivity index (χ0v) is 11.2. The van der Waals surface area contributed by atoms with Gasteiger partial charge in [0, 0.05) is 5.69 Å². The van der Waals surface area contributed by atoms with E-state index in [1.165, 1.54) is 0 Å². The Morgan fingerprint density at radius 3 is 3.00 bits per heavy atom. The molecule has 2 N–H and O–H groups in total. The number of imidazole rings is 1. The van der Waals surface area contributed by atoms with Crippen LogP contribution >= 0.6 is 0 Å². The van der Waals surface area contributed by atoms with Gasteiger partial charge in [-0.3, -0.25) is 4.79 Å². The predicted octanol–water partition coefficient (Wildman–Crippen LogP) is 2.59. The number of carboxylic acid groups (broad SMARTS) is 1. The molecule has 0 spiro atoms. The summed E-state index contributed by atoms with van der Waals surface area (Å²) in [5.41, 5.74) is 2.46. The predicted molar refractivity (Wildman–Crippen MR) is 73.9 cm³/mol. The van der Waals surface area contributed by atoms with Crippen LogP contribution in [0.4, 0.5) is 0 Å². The van der Waals surface area contributed by atoms with Gasteiger partial charge in [-0.2, -0.15) is 0 Å². The van der Waals surface area contributed by atoms with Crippen LogP contribution in [-0.2, 0) is 11.2 Å². The molecule has 1 unspecified atom stereocenters. The van der Waals surface area contributed by atoms with Gasteiger partial charge >= 0.3 is 5.97 Å². The van der Waals surface area contributed by atoms with E-state index in [4.69, 9.17) is 4.74 Å². The Hall–Kier alpha value is -2.30. The molecule has 1 aromatic carbocycles. The maximum Gasteiger partial charge on any atom is 0.312 e. The van der Waals surface area contributed by atoms with Gasteiger partial charge in [0.1, 0.15) is 17.5 Å². The van der Waals surface area contributed by atoms with Crippen LogP contribution < -0.4 is 4.74 Å². The van der Waals surface area contributed by atoms with Crippen molar-refractivity contribution in [3.8, 4) is 17.1 Å². The summed E-state index contributed by atoms with van der Waals surface area (Å²) in [6.07, 6.45) is 2.37. The first-order valence-corrected chi connectivity index (χ1v) is 6.65. The van der Waals surface area contributed by atoms with Crippen LogP contribution in [0.1, 0.15) is 30.1 Å². The minimum absolute atomic E-state index is 0.501. The Balaban J connectivity index is 2.07. The summed E-state index contributed by atoms with van der Waals surface area (Å²) >= 11 is 0. The highest BCUT2D eigenvalue weighted by Crippen LogP contribution is 2.34. The molecule has 0 radical (unpaired) electrons. The Morgan fingerprint density at radius 2 is 2.25 bits per heavy atom. The number of aliphatic carboxylic acids is 1. The highest BCUT2D eigenvalue weighted by molar-refractivity contribution is 5.77. The fourth-order valence-electron chi connectivity index (χ4n) is 2.73. The first-order valence-electron chi connectivity index (χ1n) is 6.65. The maximum absolute atomic E-state index is 11.3. The number of nitrogens with one attached hydrogen (secondary N) is 1. The first kappa shape index (κ1) is 12.7. The topological polar surface area (TPSA) is 75.2 Å². The molecule has 2 aromatic rings. The SMILES string of the molecule is COc1ccccc1-c1nc2c([nH]1)CCCC2C(=O)O. The number of benzene rings is 1. The number of aromatic nitrogens is 2. The number of aromatic amines is 1. The summed E-state index contributed by atoms with van der Waals surface area (Å²) in [6.45, 7) is 0. The second kappa shape index (κ2) is 5.00. The van der Waals surface area contributed by atoms with Gasteiger partial charge in [0.2, 0.25) is 0 Å². The van der Waals surface area contributed by atoms with Crippen molar-refractivity contribution in [2.75, 3.05) is 7.11 Å². The van der Waals surface area contributed by atoms with Gasteiger partial charge < -0.3 is 14.8 Å². The van der Waals surface area contributed by atoms with Crippen molar-refractivity contribution >= 4 is 5.97 Å². The van der Waals surface area contributed by atoms with Crippen molar-refractivity contribution in [1.82, 2.24) is 9.97 Å². The molecular weight excluding hydrogens is 256 g/mol. The van der Waals surface area contributed by atoms with Crippen molar-refractivity contribution in [2.45, 2.75) is 25.2 Å². The van der Waals surface area contributed by atoms with E-state index < -0.39 is 11.9 Å². The number of ether oxygens (including phenoxy) is 1. The smallest absolute Gasteiger partial charge is 0.312 e. The molecule has 1 atom stereocenters. The molecule has 20 heavy (non-hydrogen) atoms. The van der Waals surface area contributed by atoms with Crippen LogP contribution in [0.25, 0.3) is 11.4 Å². The van der Waals surface area contributed by atoms with E-state index in [0.29, 0.717) is 17.9 Å². The lowest BCUT2D eigenvalue weighted by Gasteiger charge is -2.16. The number of H-pyrrole nitrogens is 1. The molecule has 1 aliphatic carbocycles. The third kappa shape index (κ3) is 2.05. The normalized spacial score (nSPS) is 17.6. The molecule has 1 aromatic heterocycles. The lowest BCUT2D eigenvalue weighted by molar-refractivity contribution is -0.139. The summed E-state index contributed by atoms with van der Waals surface area (Å²) in [6, 6.07) is 7.59. The van der Waals surface area contributed by atoms with Crippen molar-refractivity contribution in [3.63, 3.8) is 0 Å². The molecule has 0 aliphatic heterocycles. The number of carboxylic acids is 1. The summed E-state index contributed by atoms with van der Waals surface area (Å²) in [5.74, 6) is 0.105. The number of methoxy groups -OCH3 is 1. The number of nitrogens with zero attached hydrogens (tertiary/aromatic N) is 1. The molecule has 0 saturated heterocycles. The lowest BCUT2D eigenvalue weighted by Crippen LogP contribution is -2.17. The van der Waals surface area contributed by atoms with Crippen molar-refractivity contribution in [3.05, 3.63) is 35.7 Å². The first-order chi connectivity index (χ1) is 9.70. The number of fused-ring (bicyclic) bond motifs is 1. The second-order valence-electron chi connectivity index (χ2n) is 4.93. The van der Waals surface area contributed by atoms with Crippen LogP contribution in [-0.4, -0.2) is 28.2 Å². The van der Waals surface area contributed by atoms with Gasteiger partial charge in [-0.1, -0.05) is 12.1 Å². The van der Waals surface area contributed by atoms with Gasteiger partial charge in [0.05, 0.1) is 18.4 Å². The molecule has 0 bridgehead atoms. The molecule has 0 amide bonds. The zero-order chi connectivity index (χ0) is 14.1. The largest absolute Gasteiger partial charge is 0.496 e. The average Bonchev–Trinajstić information content (AvgIpc) is 2.90. The van der Waals surface area contributed by atoms with Gasteiger partial charge in [0.15, 0.2) is 0 Å². The van der Waals surface area contributed by atoms with Crippen molar-refractivity contribution in [2.24, 2.45) is 0 Å². The van der Waals surface area contributed by atoms with Crippen LogP contribution in [0.2, 0.25) is 0 Å². The third-order valence-corrected chi connectivity index (χ3v) is 3.72. The van der Waals surface area contributed by atoms with Gasteiger partial charge in [-0.25, -0.2) is 4.98 Å². The molecule has 1 aliphatic rings. The van der Waals surface area contributed by atoms with Crippen LogP contribution in [0.15, 0.2) is 24.3 Å². The fraction of sp³-hybridized carbons (Fsp3) is 0.333. The van der Waals surface area contributed by atoms with Crippen molar-refractivity contribution < 1.29 is 14.6 Å². The number of carbonyl (C=O) groups is 1. The standard InChI is InChI=1S/C15H16N2O3/c1-20-12-8-3-2-5-9(12)14-16-11-7-4-6-10(15(18)19)13(11)17-14/h2-3,5,8,10H,4,6-7H2,1H3,(H,16,17)(H,18,19). The molecular formula is C15H16N2O3. The number of aryl methyl sites for hydroxylation is 1. The molecule has 0 saturated carbocycles. The van der Waals surface area contributed by atoms with Crippen LogP contribution in [0.5, 0.6) is 5.75 Å². The van der Waals surface area contributed by atoms with Gasteiger partial charge in [-0.15, -0.1) is 0 Å². The van der Waals surface area contributed by atoms with Crippen LogP contribution in [0.3, 0.4) is 0 Å². The van der Waals surface area contributed by atoms with E-state index in [1.54, 1.807) is 7.11 Å². The Morgan fingerprint density at radius 1 is 1.45 bits per heavy atom. The minimum atomic E-state index is -0.802. The number of hydrogen-bond acceptors (Lipinski definition) is 3. The molecule has 0 fully saturated rings. The molecule has 104 valence electrons. The summed E-state index contributed by atoms with van der Waals surface area (Å²) in [4.78, 5) is 19.1. The van der Waals surface area contributed by atoms with E-state index in [1.807, 2.05) is 24.3 Å². The van der Waals surface area contributed by atoms with E-state index in [9.17, 15) is 9.90 Å². The molecule has 3 rings (SSSR count). The number of rotatable bonds is 3. The molecule has 5 nitrogen and oxygen atoms in total. The van der Waals surface area contributed by atoms with E-state index in [0.717, 1.165) is 29.8 Å². The minimum Gasteiger partial charge on any atom is -0.496 e. The van der Waals surface area contributed by atoms with E-state index >= 15 is 0 Å². The highest BCUT2D eigenvalue weighted by atomic mass is 16.5. The van der Waals surface area contributed by atoms with Crippen molar-refractivity contribution in [1.29, 1.82) is 0 Å². The fourth-order valence-corrected chi connectivity index (χ4v) is 2.73. The Labute approximate surface area is 116 Å². The second-order valence-corrected chi connectivity index (χ2v) is 4.93. The monoisotopic (exact) mass is 272 g/mol. The Bertz CT molecular complexity index is 648. The van der Waals surface area contributed by atoms with E-state index in [-0.39, 0.29) is 0 Å². The van der Waals surface area contributed by atoms with Gasteiger partial charge in [0.25, 0.3) is 0 Å². The number of hydrogen-bond donors (Lipinski definition) is 2. The van der Waals surface area contributed by atoms with E-state index in [2.05, 4.69) is 9.97 Å². The molecule has 5 heteroatoms. The molecule has 1 heterocycles. The summed E-state index contributed by atoms with van der Waals surface area (Å²) in [7, 11) is 1.61. The third-order valence-electron chi connectivity index (χ3n) is 3.72. The zero-order valence-electron chi connectivity index (χ0n) is 11.2. The maximum atomic E-state index is 11.3. The number of para-hydroxylation sites is 1. The Kier molecular flexibility index (Phi) is 3.18. The highest BCUT2D eigenvalue weighted by Gasteiger charge is 2.30. The lowest BCUT2D eigenvalue weighted by atomic mass is 9.90. The van der Waals surface area contributed by atoms with Gasteiger partial charge in [-0.05, 0) is 31.4 Å².